The van der Waals surface area contributed by atoms with Crippen LogP contribution in [0.4, 0.5) is 0 Å². The van der Waals surface area contributed by atoms with Crippen molar-refractivity contribution in [1.29, 1.82) is 0 Å². The van der Waals surface area contributed by atoms with Gasteiger partial charge in [-0.1, -0.05) is 35.3 Å². The van der Waals surface area contributed by atoms with Crippen molar-refractivity contribution in [3.05, 3.63) is 93.2 Å². The number of aliphatic carboxylic acids is 1. The number of aromatic nitrogens is 1. The molecule has 0 aliphatic heterocycles. The van der Waals surface area contributed by atoms with Crippen LogP contribution in [0, 0.1) is 0 Å². The summed E-state index contributed by atoms with van der Waals surface area (Å²) in [6.07, 6.45) is 1.14. The lowest BCUT2D eigenvalue weighted by atomic mass is 10.1. The number of carbonyl (C=O) groups is 4. The molecular formula is C24H20Cl2N4O6. The van der Waals surface area contributed by atoms with Crippen molar-refractivity contribution in [3.8, 4) is 5.75 Å². The van der Waals surface area contributed by atoms with Crippen LogP contribution < -0.4 is 10.7 Å². The van der Waals surface area contributed by atoms with E-state index in [0.717, 1.165) is 6.20 Å². The molecule has 1 atom stereocenters. The van der Waals surface area contributed by atoms with E-state index in [9.17, 15) is 29.4 Å². The Balaban J connectivity index is 1.82. The van der Waals surface area contributed by atoms with Gasteiger partial charge in [0.1, 0.15) is 16.9 Å². The largest absolute Gasteiger partial charge is 0.508 e. The Morgan fingerprint density at radius 1 is 1.00 bits per heavy atom. The van der Waals surface area contributed by atoms with Crippen LogP contribution in [0.1, 0.15) is 43.6 Å². The number of nitrogens with zero attached hydrogens (tertiary/aromatic N) is 2. The number of hydrazine groups is 1. The number of pyridine rings is 1. The summed E-state index contributed by atoms with van der Waals surface area (Å²) in [6, 6.07) is 11.6. The molecule has 0 saturated heterocycles. The van der Waals surface area contributed by atoms with Gasteiger partial charge < -0.3 is 15.5 Å². The Kier molecular flexibility index (Phi) is 8.59. The van der Waals surface area contributed by atoms with E-state index in [1.54, 1.807) is 12.1 Å². The van der Waals surface area contributed by atoms with Gasteiger partial charge in [-0.2, -0.15) is 0 Å². The minimum Gasteiger partial charge on any atom is -0.508 e. The first-order valence-electron chi connectivity index (χ1n) is 10.4. The number of halogens is 2. The molecular weight excluding hydrogens is 511 g/mol. The first-order chi connectivity index (χ1) is 17.1. The number of hydrogen-bond acceptors (Lipinski definition) is 7. The standard InChI is InChI=1S/C24H20Cl2N4O6/c1-13(24(35)36)29-30(22(33)16-6-8-20(26)27-12-16)23(34)18-7-5-15(10-19(18)25)21(32)28-11-14-3-2-4-17(31)9-14/h2-10,12-13,29,31H,11H2,1H3,(H,28,32)(H,35,36)/t13-/m0/s1. The number of phenolic OH excluding ortho intramolecular Hbond substituents is 1. The van der Waals surface area contributed by atoms with Gasteiger partial charge in [0, 0.05) is 18.3 Å². The fraction of sp³-hybridized carbons (Fsp3) is 0.125. The molecule has 12 heteroatoms. The van der Waals surface area contributed by atoms with Gasteiger partial charge in [0.2, 0.25) is 0 Å². The maximum atomic E-state index is 13.2. The van der Waals surface area contributed by atoms with Gasteiger partial charge in [0.15, 0.2) is 0 Å². The number of benzene rings is 2. The molecule has 0 fully saturated rings. The molecule has 3 amide bonds. The predicted molar refractivity (Wildman–Crippen MR) is 131 cm³/mol. The number of carboxylic acids is 1. The van der Waals surface area contributed by atoms with Crippen LogP contribution in [0.3, 0.4) is 0 Å². The van der Waals surface area contributed by atoms with Crippen LogP contribution in [0.5, 0.6) is 5.75 Å². The summed E-state index contributed by atoms with van der Waals surface area (Å²) in [4.78, 5) is 53.9. The van der Waals surface area contributed by atoms with Crippen LogP contribution >= 0.6 is 23.2 Å². The van der Waals surface area contributed by atoms with Crippen molar-refractivity contribution in [3.63, 3.8) is 0 Å². The van der Waals surface area contributed by atoms with Crippen molar-refractivity contribution in [1.82, 2.24) is 20.7 Å². The number of hydrogen-bond donors (Lipinski definition) is 4. The highest BCUT2D eigenvalue weighted by Crippen LogP contribution is 2.21. The second-order valence-electron chi connectivity index (χ2n) is 7.55. The Labute approximate surface area is 215 Å². The Morgan fingerprint density at radius 3 is 2.33 bits per heavy atom. The number of carboxylic acid groups (broad SMARTS) is 1. The third kappa shape index (κ3) is 6.57. The molecule has 2 aromatic carbocycles. The smallest absolute Gasteiger partial charge is 0.322 e. The number of nitrogens with one attached hydrogen (secondary N) is 2. The topological polar surface area (TPSA) is 149 Å². The normalized spacial score (nSPS) is 11.4. The summed E-state index contributed by atoms with van der Waals surface area (Å²) in [5.41, 5.74) is 2.98. The van der Waals surface area contributed by atoms with Crippen LogP contribution in [0.15, 0.2) is 60.8 Å². The predicted octanol–water partition coefficient (Wildman–Crippen LogP) is 3.28. The van der Waals surface area contributed by atoms with E-state index in [1.807, 2.05) is 0 Å². The number of imide groups is 1. The Morgan fingerprint density at radius 2 is 1.72 bits per heavy atom. The second kappa shape index (κ2) is 11.6. The summed E-state index contributed by atoms with van der Waals surface area (Å²) in [5.74, 6) is -3.57. The SMILES string of the molecule is C[C@H](NN(C(=O)c1ccc(Cl)nc1)C(=O)c1ccc(C(=O)NCc2cccc(O)c2)cc1Cl)C(=O)O. The summed E-state index contributed by atoms with van der Waals surface area (Å²) < 4.78 is 0. The van der Waals surface area contributed by atoms with Gasteiger partial charge in [-0.25, -0.2) is 15.4 Å². The van der Waals surface area contributed by atoms with Crippen LogP contribution in [0.25, 0.3) is 0 Å². The van der Waals surface area contributed by atoms with Gasteiger partial charge in [0.05, 0.1) is 16.1 Å². The highest BCUT2D eigenvalue weighted by molar-refractivity contribution is 6.34. The van der Waals surface area contributed by atoms with Gasteiger partial charge in [-0.05, 0) is 55.0 Å². The maximum absolute atomic E-state index is 13.2. The summed E-state index contributed by atoms with van der Waals surface area (Å²) in [6.45, 7) is 1.39. The molecule has 10 nitrogen and oxygen atoms in total. The average Bonchev–Trinajstić information content (AvgIpc) is 2.85. The Bertz CT molecular complexity index is 1320. The van der Waals surface area contributed by atoms with E-state index < -0.39 is 29.7 Å². The molecule has 186 valence electrons. The minimum atomic E-state index is -1.31. The maximum Gasteiger partial charge on any atom is 0.322 e. The molecule has 1 heterocycles. The first kappa shape index (κ1) is 26.6. The fourth-order valence-corrected chi connectivity index (χ4v) is 3.36. The van der Waals surface area contributed by atoms with Crippen molar-refractivity contribution in [2.45, 2.75) is 19.5 Å². The summed E-state index contributed by atoms with van der Waals surface area (Å²) in [7, 11) is 0. The summed E-state index contributed by atoms with van der Waals surface area (Å²) >= 11 is 12.0. The Hall–Kier alpha value is -3.99. The summed E-state index contributed by atoms with van der Waals surface area (Å²) in [5, 5.41) is 22.0. The first-order valence-corrected chi connectivity index (χ1v) is 11.2. The molecule has 3 rings (SSSR count). The van der Waals surface area contributed by atoms with E-state index in [1.165, 1.54) is 49.4 Å². The molecule has 0 radical (unpaired) electrons. The van der Waals surface area contributed by atoms with Crippen LogP contribution in [-0.2, 0) is 11.3 Å². The zero-order valence-electron chi connectivity index (χ0n) is 18.7. The molecule has 0 bridgehead atoms. The number of rotatable bonds is 8. The molecule has 36 heavy (non-hydrogen) atoms. The number of amides is 3. The molecule has 0 saturated carbocycles. The van der Waals surface area contributed by atoms with Gasteiger partial charge in [-0.15, -0.1) is 0 Å². The van der Waals surface area contributed by atoms with Crippen molar-refractivity contribution >= 4 is 46.9 Å². The van der Waals surface area contributed by atoms with Crippen LogP contribution in [-0.4, -0.2) is 49.9 Å². The fourth-order valence-electron chi connectivity index (χ4n) is 2.99. The second-order valence-corrected chi connectivity index (χ2v) is 8.35. The zero-order valence-corrected chi connectivity index (χ0v) is 20.2. The lowest BCUT2D eigenvalue weighted by molar-refractivity contribution is -0.139. The molecule has 1 aromatic heterocycles. The molecule has 0 unspecified atom stereocenters. The highest BCUT2D eigenvalue weighted by Gasteiger charge is 2.29. The van der Waals surface area contributed by atoms with Gasteiger partial charge in [-0.3, -0.25) is 19.2 Å². The molecule has 4 N–H and O–H groups in total. The third-order valence-electron chi connectivity index (χ3n) is 4.90. The van der Waals surface area contributed by atoms with E-state index in [4.69, 9.17) is 23.2 Å². The quantitative estimate of drug-likeness (QED) is 0.197. The van der Waals surface area contributed by atoms with Crippen molar-refractivity contribution < 1.29 is 29.4 Å². The monoisotopic (exact) mass is 530 g/mol. The number of aromatic hydroxyl groups is 1. The van der Waals surface area contributed by atoms with Crippen molar-refractivity contribution in [2.24, 2.45) is 0 Å². The lowest BCUT2D eigenvalue weighted by Gasteiger charge is -2.24. The number of carbonyl (C=O) groups excluding carboxylic acids is 3. The highest BCUT2D eigenvalue weighted by atomic mass is 35.5. The minimum absolute atomic E-state index is 0.0306. The van der Waals surface area contributed by atoms with E-state index in [-0.39, 0.29) is 39.2 Å². The third-order valence-corrected chi connectivity index (χ3v) is 5.44. The molecule has 3 aromatic rings. The lowest BCUT2D eigenvalue weighted by Crippen LogP contribution is -2.53. The number of phenols is 1. The van der Waals surface area contributed by atoms with Crippen molar-refractivity contribution in [2.75, 3.05) is 0 Å². The van der Waals surface area contributed by atoms with E-state index in [0.29, 0.717) is 10.6 Å². The van der Waals surface area contributed by atoms with Gasteiger partial charge >= 0.3 is 5.97 Å². The van der Waals surface area contributed by atoms with Gasteiger partial charge in [0.25, 0.3) is 17.7 Å². The van der Waals surface area contributed by atoms with E-state index >= 15 is 0 Å². The molecule has 0 aliphatic rings. The zero-order chi connectivity index (χ0) is 26.4. The van der Waals surface area contributed by atoms with Crippen LogP contribution in [0.2, 0.25) is 10.2 Å². The average molecular weight is 531 g/mol. The molecule has 0 spiro atoms. The molecule has 0 aliphatic carbocycles. The van der Waals surface area contributed by atoms with E-state index in [2.05, 4.69) is 15.7 Å².